The molecule has 0 amide bonds. The quantitative estimate of drug-likeness (QED) is 0.755. The Kier molecular flexibility index (Phi) is 4.05. The maximum Gasteiger partial charge on any atom is 0.0225 e. The van der Waals surface area contributed by atoms with Crippen LogP contribution in [0.5, 0.6) is 0 Å². The van der Waals surface area contributed by atoms with Gasteiger partial charge in [0.2, 0.25) is 0 Å². The molecule has 1 N–H and O–H groups in total. The van der Waals surface area contributed by atoms with Crippen LogP contribution in [0.15, 0.2) is 6.07 Å². The third-order valence-corrected chi connectivity index (χ3v) is 3.59. The van der Waals surface area contributed by atoms with Crippen molar-refractivity contribution in [2.24, 2.45) is 0 Å². The van der Waals surface area contributed by atoms with Gasteiger partial charge in [0.05, 0.1) is 0 Å². The molecule has 0 aliphatic carbocycles. The maximum absolute atomic E-state index is 3.40. The van der Waals surface area contributed by atoms with Crippen LogP contribution in [0, 0.1) is 6.92 Å². The van der Waals surface area contributed by atoms with Crippen LogP contribution in [0.2, 0.25) is 0 Å². The van der Waals surface area contributed by atoms with E-state index < -0.39 is 0 Å². The molecule has 0 atom stereocenters. The van der Waals surface area contributed by atoms with Crippen LogP contribution in [-0.4, -0.2) is 17.7 Å². The van der Waals surface area contributed by atoms with Crippen LogP contribution in [0.25, 0.3) is 0 Å². The van der Waals surface area contributed by atoms with Crippen molar-refractivity contribution in [2.75, 3.05) is 13.1 Å². The molecule has 0 radical (unpaired) electrons. The zero-order valence-electron chi connectivity index (χ0n) is 10.7. The molecule has 16 heavy (non-hydrogen) atoms. The van der Waals surface area contributed by atoms with E-state index in [-0.39, 0.29) is 0 Å². The van der Waals surface area contributed by atoms with Crippen LogP contribution in [0.4, 0.5) is 0 Å². The zero-order chi connectivity index (χ0) is 11.4. The molecule has 0 saturated carbocycles. The van der Waals surface area contributed by atoms with Crippen molar-refractivity contribution in [3.63, 3.8) is 0 Å². The van der Waals surface area contributed by atoms with E-state index in [2.05, 4.69) is 29.8 Å². The third-order valence-electron chi connectivity index (χ3n) is 3.59. The minimum atomic E-state index is 1.09. The van der Waals surface area contributed by atoms with Gasteiger partial charge in [0, 0.05) is 17.9 Å². The lowest BCUT2D eigenvalue weighted by molar-refractivity contribution is 0.511. The highest BCUT2D eigenvalue weighted by Gasteiger charge is 2.14. The predicted octanol–water partition coefficient (Wildman–Crippen LogP) is 2.67. The van der Waals surface area contributed by atoms with E-state index in [1.54, 1.807) is 11.4 Å². The number of aryl methyl sites for hydroxylation is 2. The molecule has 0 unspecified atom stereocenters. The molecule has 1 aliphatic rings. The predicted molar refractivity (Wildman–Crippen MR) is 69.0 cm³/mol. The molecule has 0 aromatic carbocycles. The van der Waals surface area contributed by atoms with E-state index in [1.807, 2.05) is 0 Å². The first-order valence-electron chi connectivity index (χ1n) is 6.71. The molecule has 1 aliphatic heterocycles. The van der Waals surface area contributed by atoms with Crippen molar-refractivity contribution < 1.29 is 0 Å². The lowest BCUT2D eigenvalue weighted by Gasteiger charge is -2.18. The monoisotopic (exact) mass is 220 g/mol. The minimum Gasteiger partial charge on any atom is -0.348 e. The Balaban J connectivity index is 1.99. The largest absolute Gasteiger partial charge is 0.348 e. The average Bonchev–Trinajstić information content (AvgIpc) is 2.61. The fourth-order valence-corrected chi connectivity index (χ4v) is 2.75. The highest BCUT2D eigenvalue weighted by Crippen LogP contribution is 2.23. The van der Waals surface area contributed by atoms with Gasteiger partial charge >= 0.3 is 0 Å². The number of hydrogen-bond donors (Lipinski definition) is 1. The summed E-state index contributed by atoms with van der Waals surface area (Å²) in [6.45, 7) is 7.93. The summed E-state index contributed by atoms with van der Waals surface area (Å²) >= 11 is 0. The van der Waals surface area contributed by atoms with Gasteiger partial charge in [-0.25, -0.2) is 0 Å². The van der Waals surface area contributed by atoms with Gasteiger partial charge in [-0.2, -0.15) is 0 Å². The molecule has 0 bridgehead atoms. The Morgan fingerprint density at radius 3 is 3.06 bits per heavy atom. The molecule has 0 saturated heterocycles. The van der Waals surface area contributed by atoms with Gasteiger partial charge in [-0.15, -0.1) is 0 Å². The van der Waals surface area contributed by atoms with E-state index in [0.29, 0.717) is 0 Å². The molecular formula is C14H24N2. The van der Waals surface area contributed by atoms with Gasteiger partial charge in [0.15, 0.2) is 0 Å². The lowest BCUT2D eigenvalue weighted by Crippen LogP contribution is -2.17. The lowest BCUT2D eigenvalue weighted by atomic mass is 10.1. The van der Waals surface area contributed by atoms with Crippen LogP contribution in [0.1, 0.15) is 43.1 Å². The summed E-state index contributed by atoms with van der Waals surface area (Å²) in [5.41, 5.74) is 4.67. The Hall–Kier alpha value is -0.760. The standard InChI is InChI=1S/C14H24N2/c1-3-15-9-6-8-14-12(2)11-13-7-4-5-10-16(13)14/h11,15H,3-10H2,1-2H3. The fraction of sp³-hybridized carbons (Fsp3) is 0.714. The highest BCUT2D eigenvalue weighted by molar-refractivity contribution is 5.28. The summed E-state index contributed by atoms with van der Waals surface area (Å²) in [5.74, 6) is 0. The normalized spacial score (nSPS) is 15.1. The van der Waals surface area contributed by atoms with Crippen LogP contribution >= 0.6 is 0 Å². The second-order valence-corrected chi connectivity index (χ2v) is 4.83. The number of nitrogens with zero attached hydrogens (tertiary/aromatic N) is 1. The van der Waals surface area contributed by atoms with Crippen molar-refractivity contribution >= 4 is 0 Å². The first-order valence-corrected chi connectivity index (χ1v) is 6.71. The van der Waals surface area contributed by atoms with E-state index in [4.69, 9.17) is 0 Å². The SMILES string of the molecule is CCNCCCc1c(C)cc2n1CCCC2. The van der Waals surface area contributed by atoms with Gasteiger partial charge in [0.1, 0.15) is 0 Å². The second kappa shape index (κ2) is 5.53. The number of rotatable bonds is 5. The summed E-state index contributed by atoms with van der Waals surface area (Å²) < 4.78 is 2.57. The summed E-state index contributed by atoms with van der Waals surface area (Å²) in [6, 6.07) is 2.40. The second-order valence-electron chi connectivity index (χ2n) is 4.83. The first-order chi connectivity index (χ1) is 7.83. The van der Waals surface area contributed by atoms with Crippen LogP contribution in [-0.2, 0) is 19.4 Å². The van der Waals surface area contributed by atoms with Crippen LogP contribution < -0.4 is 5.32 Å². The molecule has 2 nitrogen and oxygen atoms in total. The Labute approximate surface area is 99.0 Å². The Bertz CT molecular complexity index is 339. The third kappa shape index (κ3) is 2.49. The van der Waals surface area contributed by atoms with Gasteiger partial charge in [-0.3, -0.25) is 0 Å². The first kappa shape index (κ1) is 11.7. The smallest absolute Gasteiger partial charge is 0.0225 e. The van der Waals surface area contributed by atoms with E-state index >= 15 is 0 Å². The van der Waals surface area contributed by atoms with E-state index in [0.717, 1.165) is 13.1 Å². The summed E-state index contributed by atoms with van der Waals surface area (Å²) in [5, 5.41) is 3.40. The molecule has 2 heterocycles. The Morgan fingerprint density at radius 2 is 2.25 bits per heavy atom. The molecule has 0 spiro atoms. The summed E-state index contributed by atoms with van der Waals surface area (Å²) in [7, 11) is 0. The van der Waals surface area contributed by atoms with Gasteiger partial charge in [0.25, 0.3) is 0 Å². The number of fused-ring (bicyclic) bond motifs is 1. The topological polar surface area (TPSA) is 17.0 Å². The van der Waals surface area contributed by atoms with E-state index in [9.17, 15) is 0 Å². The highest BCUT2D eigenvalue weighted by atomic mass is 15.0. The summed E-state index contributed by atoms with van der Waals surface area (Å²) in [6.07, 6.45) is 6.52. The molecule has 1 aromatic rings. The van der Waals surface area contributed by atoms with Gasteiger partial charge in [-0.05, 0) is 63.7 Å². The zero-order valence-corrected chi connectivity index (χ0v) is 10.7. The Morgan fingerprint density at radius 1 is 1.38 bits per heavy atom. The minimum absolute atomic E-state index is 1.09. The molecule has 0 fully saturated rings. The van der Waals surface area contributed by atoms with Crippen molar-refractivity contribution in [1.82, 2.24) is 9.88 Å². The van der Waals surface area contributed by atoms with Crippen LogP contribution in [0.3, 0.4) is 0 Å². The number of aromatic nitrogens is 1. The number of nitrogens with one attached hydrogen (secondary N) is 1. The number of hydrogen-bond acceptors (Lipinski definition) is 1. The van der Waals surface area contributed by atoms with E-state index in [1.165, 1.54) is 44.2 Å². The molecule has 2 rings (SSSR count). The van der Waals surface area contributed by atoms with Crippen molar-refractivity contribution in [3.8, 4) is 0 Å². The molecule has 2 heteroatoms. The molecule has 1 aromatic heterocycles. The van der Waals surface area contributed by atoms with Crippen molar-refractivity contribution in [2.45, 2.75) is 52.5 Å². The van der Waals surface area contributed by atoms with Gasteiger partial charge < -0.3 is 9.88 Å². The van der Waals surface area contributed by atoms with Gasteiger partial charge in [-0.1, -0.05) is 6.92 Å². The van der Waals surface area contributed by atoms with Crippen molar-refractivity contribution in [3.05, 3.63) is 23.0 Å². The average molecular weight is 220 g/mol. The van der Waals surface area contributed by atoms with Crippen molar-refractivity contribution in [1.29, 1.82) is 0 Å². The molecule has 90 valence electrons. The summed E-state index contributed by atoms with van der Waals surface area (Å²) in [4.78, 5) is 0. The maximum atomic E-state index is 3.40. The fourth-order valence-electron chi connectivity index (χ4n) is 2.75. The molecular weight excluding hydrogens is 196 g/mol.